The van der Waals surface area contributed by atoms with Crippen LogP contribution in [0, 0.1) is 0 Å². The number of carbonyl (C=O) groups excluding carboxylic acids is 1. The van der Waals surface area contributed by atoms with Crippen LogP contribution in [0.5, 0.6) is 0 Å². The van der Waals surface area contributed by atoms with Crippen molar-refractivity contribution in [2.24, 2.45) is 0 Å². The average molecular weight is 345 g/mol. The van der Waals surface area contributed by atoms with Crippen molar-refractivity contribution in [2.75, 3.05) is 12.3 Å². The minimum Gasteiger partial charge on any atom is -0.466 e. The molecule has 2 aromatic rings. The third kappa shape index (κ3) is 5.01. The first-order valence-electron chi connectivity index (χ1n) is 7.80. The van der Waals surface area contributed by atoms with E-state index < -0.39 is 5.60 Å². The van der Waals surface area contributed by atoms with Crippen molar-refractivity contribution in [3.05, 3.63) is 65.6 Å². The summed E-state index contributed by atoms with van der Waals surface area (Å²) in [5, 5.41) is 13.2. The molecule has 1 aromatic carbocycles. The van der Waals surface area contributed by atoms with Gasteiger partial charge < -0.3 is 14.8 Å². The molecule has 0 saturated heterocycles. The Morgan fingerprint density at radius 1 is 1.29 bits per heavy atom. The molecule has 1 aromatic heterocycles. The third-order valence-corrected chi connectivity index (χ3v) is 4.51. The van der Waals surface area contributed by atoms with Crippen LogP contribution in [0.4, 0.5) is 0 Å². The summed E-state index contributed by atoms with van der Waals surface area (Å²) in [4.78, 5) is 13.4. The minimum atomic E-state index is -1.25. The summed E-state index contributed by atoms with van der Waals surface area (Å²) in [6, 6.07) is 10.9. The Morgan fingerprint density at radius 2 is 2.04 bits per heavy atom. The summed E-state index contributed by atoms with van der Waals surface area (Å²) in [6.45, 7) is 5.79. The van der Waals surface area contributed by atoms with Gasteiger partial charge in [0.15, 0.2) is 0 Å². The van der Waals surface area contributed by atoms with Crippen molar-refractivity contribution in [1.82, 2.24) is 5.32 Å². The summed E-state index contributed by atoms with van der Waals surface area (Å²) < 4.78 is 5.22. The smallest absolute Gasteiger partial charge is 0.252 e. The van der Waals surface area contributed by atoms with Crippen molar-refractivity contribution in [1.29, 1.82) is 0 Å². The van der Waals surface area contributed by atoms with E-state index in [1.165, 1.54) is 11.8 Å². The maximum atomic E-state index is 12.5. The summed E-state index contributed by atoms with van der Waals surface area (Å²) in [7, 11) is 0. The number of rotatable bonds is 7. The van der Waals surface area contributed by atoms with Crippen LogP contribution in [-0.2, 0) is 5.60 Å². The molecule has 0 spiro atoms. The topological polar surface area (TPSA) is 62.5 Å². The molecule has 4 nitrogen and oxygen atoms in total. The van der Waals surface area contributed by atoms with Gasteiger partial charge in [-0.05, 0) is 45.0 Å². The highest BCUT2D eigenvalue weighted by atomic mass is 32.2. The number of hydrogen-bond donors (Lipinski definition) is 2. The molecule has 0 aliphatic carbocycles. The van der Waals surface area contributed by atoms with Crippen LogP contribution in [0.3, 0.4) is 0 Å². The van der Waals surface area contributed by atoms with E-state index in [1.54, 1.807) is 36.9 Å². The molecular formula is C19H23NO3S. The molecule has 0 bridgehead atoms. The normalized spacial score (nSPS) is 13.2. The first kappa shape index (κ1) is 18.4. The van der Waals surface area contributed by atoms with Gasteiger partial charge in [0.05, 0.1) is 18.4 Å². The zero-order valence-corrected chi connectivity index (χ0v) is 15.0. The number of carbonyl (C=O) groups is 1. The summed E-state index contributed by atoms with van der Waals surface area (Å²) in [5.41, 5.74) is 0.613. The van der Waals surface area contributed by atoms with Gasteiger partial charge in [0.2, 0.25) is 0 Å². The Bertz CT molecular complexity index is 701. The highest BCUT2D eigenvalue weighted by Gasteiger charge is 2.27. The maximum absolute atomic E-state index is 12.5. The molecule has 24 heavy (non-hydrogen) atoms. The largest absolute Gasteiger partial charge is 0.466 e. The first-order chi connectivity index (χ1) is 11.4. The van der Waals surface area contributed by atoms with Crippen LogP contribution in [0.25, 0.3) is 0 Å². The Labute approximate surface area is 147 Å². The molecule has 128 valence electrons. The lowest BCUT2D eigenvalue weighted by Crippen LogP contribution is -2.38. The highest BCUT2D eigenvalue weighted by Crippen LogP contribution is 2.24. The molecule has 2 rings (SSSR count). The van der Waals surface area contributed by atoms with Crippen LogP contribution in [0.2, 0.25) is 0 Å². The molecule has 0 saturated carbocycles. The fourth-order valence-electron chi connectivity index (χ4n) is 2.10. The third-order valence-electron chi connectivity index (χ3n) is 3.51. The van der Waals surface area contributed by atoms with Gasteiger partial charge in [0, 0.05) is 10.6 Å². The Hall–Kier alpha value is -1.98. The van der Waals surface area contributed by atoms with Gasteiger partial charge in [0.1, 0.15) is 11.4 Å². The van der Waals surface area contributed by atoms with E-state index in [0.29, 0.717) is 11.3 Å². The molecule has 1 heterocycles. The van der Waals surface area contributed by atoms with E-state index >= 15 is 0 Å². The number of amides is 1. The number of aliphatic hydroxyl groups is 1. The second-order valence-corrected chi connectivity index (χ2v) is 7.08. The molecule has 0 aliphatic rings. The van der Waals surface area contributed by atoms with Crippen LogP contribution in [0.15, 0.2) is 63.6 Å². The van der Waals surface area contributed by atoms with Crippen molar-refractivity contribution < 1.29 is 14.3 Å². The molecule has 0 aliphatic heterocycles. The molecule has 1 atom stereocenters. The number of furan rings is 1. The van der Waals surface area contributed by atoms with E-state index in [2.05, 4.69) is 25.2 Å². The van der Waals surface area contributed by atoms with Gasteiger partial charge in [0.25, 0.3) is 5.91 Å². The summed E-state index contributed by atoms with van der Waals surface area (Å²) >= 11 is 1.62. The number of hydrogen-bond acceptors (Lipinski definition) is 4. The van der Waals surface area contributed by atoms with Crippen LogP contribution in [0.1, 0.15) is 36.9 Å². The van der Waals surface area contributed by atoms with Gasteiger partial charge in [-0.25, -0.2) is 0 Å². The van der Waals surface area contributed by atoms with Gasteiger partial charge in [-0.2, -0.15) is 0 Å². The van der Waals surface area contributed by atoms with E-state index in [9.17, 15) is 9.90 Å². The molecular weight excluding hydrogens is 322 g/mol. The quantitative estimate of drug-likeness (QED) is 0.589. The standard InChI is InChI=1S/C19H23NO3S/c1-14(2)10-12-24-16-8-5-4-7-15(16)18(21)20-13-19(3,22)17-9-6-11-23-17/h4-11,22H,12-13H2,1-3H3,(H,20,21). The zero-order chi connectivity index (χ0) is 17.6. The van der Waals surface area contributed by atoms with Crippen LogP contribution < -0.4 is 5.32 Å². The highest BCUT2D eigenvalue weighted by molar-refractivity contribution is 7.99. The number of thioether (sulfide) groups is 1. The van der Waals surface area contributed by atoms with Crippen molar-refractivity contribution >= 4 is 17.7 Å². The second-order valence-electron chi connectivity index (χ2n) is 6.02. The van der Waals surface area contributed by atoms with E-state index in [0.717, 1.165) is 10.6 Å². The molecule has 1 unspecified atom stereocenters. The molecule has 5 heteroatoms. The monoisotopic (exact) mass is 345 g/mol. The van der Waals surface area contributed by atoms with Crippen molar-refractivity contribution in [3.63, 3.8) is 0 Å². The predicted octanol–water partition coefficient (Wildman–Crippen LogP) is 3.98. The maximum Gasteiger partial charge on any atom is 0.252 e. The van der Waals surface area contributed by atoms with E-state index in [1.807, 2.05) is 18.2 Å². The van der Waals surface area contributed by atoms with E-state index in [-0.39, 0.29) is 12.5 Å². The molecule has 0 radical (unpaired) electrons. The lowest BCUT2D eigenvalue weighted by atomic mass is 10.0. The van der Waals surface area contributed by atoms with Crippen LogP contribution >= 0.6 is 11.8 Å². The van der Waals surface area contributed by atoms with Gasteiger partial charge in [-0.3, -0.25) is 4.79 Å². The molecule has 0 fully saturated rings. The lowest BCUT2D eigenvalue weighted by molar-refractivity contribution is 0.0330. The van der Waals surface area contributed by atoms with Crippen molar-refractivity contribution in [3.8, 4) is 0 Å². The van der Waals surface area contributed by atoms with Gasteiger partial charge >= 0.3 is 0 Å². The molecule has 1 amide bonds. The SMILES string of the molecule is CC(C)=CCSc1ccccc1C(=O)NCC(C)(O)c1ccco1. The Morgan fingerprint density at radius 3 is 2.71 bits per heavy atom. The minimum absolute atomic E-state index is 0.0757. The lowest BCUT2D eigenvalue weighted by Gasteiger charge is -2.21. The fraction of sp³-hybridized carbons (Fsp3) is 0.316. The van der Waals surface area contributed by atoms with E-state index in [4.69, 9.17) is 4.42 Å². The number of nitrogens with one attached hydrogen (secondary N) is 1. The number of benzene rings is 1. The predicted molar refractivity (Wildman–Crippen MR) is 97.2 cm³/mol. The Kier molecular flexibility index (Phi) is 6.29. The Balaban J connectivity index is 2.03. The van der Waals surface area contributed by atoms with Crippen LogP contribution in [-0.4, -0.2) is 23.3 Å². The zero-order valence-electron chi connectivity index (χ0n) is 14.2. The summed E-state index contributed by atoms with van der Waals surface area (Å²) in [6.07, 6.45) is 3.63. The van der Waals surface area contributed by atoms with Gasteiger partial charge in [-0.15, -0.1) is 11.8 Å². The molecule has 2 N–H and O–H groups in total. The fourth-order valence-corrected chi connectivity index (χ4v) is 3.19. The number of allylic oxidation sites excluding steroid dienone is 1. The average Bonchev–Trinajstić information content (AvgIpc) is 3.08. The first-order valence-corrected chi connectivity index (χ1v) is 8.78. The van der Waals surface area contributed by atoms with Crippen molar-refractivity contribution in [2.45, 2.75) is 31.3 Å². The summed E-state index contributed by atoms with van der Waals surface area (Å²) in [5.74, 6) is 1.03. The van der Waals surface area contributed by atoms with Gasteiger partial charge in [-0.1, -0.05) is 23.8 Å². The second kappa shape index (κ2) is 8.22.